The topological polar surface area (TPSA) is 29.1 Å². The molecule has 4 heteroatoms. The molecule has 0 aliphatic heterocycles. The molecule has 0 aliphatic carbocycles. The number of benzene rings is 1. The molecule has 1 rings (SSSR count). The van der Waals surface area contributed by atoms with E-state index in [1.165, 1.54) is 0 Å². The number of rotatable bonds is 3. The molecule has 0 bridgehead atoms. The fraction of sp³-hybridized carbons (Fsp3) is 0.222. The van der Waals surface area contributed by atoms with E-state index >= 15 is 0 Å². The zero-order valence-corrected chi connectivity index (χ0v) is 8.56. The summed E-state index contributed by atoms with van der Waals surface area (Å²) >= 11 is 11.6. The van der Waals surface area contributed by atoms with Gasteiger partial charge in [0.2, 0.25) is 6.41 Å². The van der Waals surface area contributed by atoms with Crippen LogP contribution in [0.2, 0.25) is 10.0 Å². The lowest BCUT2D eigenvalue weighted by Gasteiger charge is -2.10. The molecule has 1 amide bonds. The van der Waals surface area contributed by atoms with Crippen molar-refractivity contribution in [3.8, 4) is 0 Å². The second kappa shape index (κ2) is 4.49. The second-order valence-electron chi connectivity index (χ2n) is 2.68. The number of halogens is 2. The minimum Gasteiger partial charge on any atom is -0.352 e. The molecule has 0 spiro atoms. The molecule has 1 aromatic rings. The Kier molecular flexibility index (Phi) is 3.58. The van der Waals surface area contributed by atoms with E-state index < -0.39 is 0 Å². The van der Waals surface area contributed by atoms with Gasteiger partial charge in [-0.25, -0.2) is 0 Å². The summed E-state index contributed by atoms with van der Waals surface area (Å²) in [5.41, 5.74) is 0.932. The molecule has 0 aliphatic rings. The van der Waals surface area contributed by atoms with Crippen molar-refractivity contribution in [2.45, 2.75) is 13.0 Å². The fourth-order valence-electron chi connectivity index (χ4n) is 0.980. The van der Waals surface area contributed by atoms with Gasteiger partial charge >= 0.3 is 0 Å². The lowest BCUT2D eigenvalue weighted by molar-refractivity contribution is -0.110. The number of carbonyl (C=O) groups excluding carboxylic acids is 1. The first kappa shape index (κ1) is 10.4. The minimum atomic E-state index is -0.0488. The molecule has 0 aromatic heterocycles. The molecule has 13 heavy (non-hydrogen) atoms. The van der Waals surface area contributed by atoms with E-state index in [9.17, 15) is 4.79 Å². The molecule has 1 N–H and O–H groups in total. The highest BCUT2D eigenvalue weighted by Gasteiger charge is 2.05. The second-order valence-corrected chi connectivity index (χ2v) is 3.49. The summed E-state index contributed by atoms with van der Waals surface area (Å²) in [7, 11) is 0. The standard InChI is InChI=1S/C9H9Cl2NO/c1-6(12-5-13)7-2-3-8(10)9(11)4-7/h2-6H,1H3,(H,12,13). The number of amides is 1. The van der Waals surface area contributed by atoms with Crippen LogP contribution in [0.15, 0.2) is 18.2 Å². The first-order valence-electron chi connectivity index (χ1n) is 3.80. The van der Waals surface area contributed by atoms with Gasteiger partial charge in [-0.3, -0.25) is 4.79 Å². The molecule has 0 fully saturated rings. The summed E-state index contributed by atoms with van der Waals surface area (Å²) in [5.74, 6) is 0. The molecule has 1 unspecified atom stereocenters. The Morgan fingerprint density at radius 2 is 2.08 bits per heavy atom. The lowest BCUT2D eigenvalue weighted by Crippen LogP contribution is -2.15. The maximum absolute atomic E-state index is 10.2. The van der Waals surface area contributed by atoms with Crippen LogP contribution in [0, 0.1) is 0 Å². The van der Waals surface area contributed by atoms with Gasteiger partial charge in [-0.15, -0.1) is 0 Å². The number of carbonyl (C=O) groups is 1. The Morgan fingerprint density at radius 3 is 2.62 bits per heavy atom. The van der Waals surface area contributed by atoms with Gasteiger partial charge in [0.1, 0.15) is 0 Å². The van der Waals surface area contributed by atoms with Crippen molar-refractivity contribution in [2.75, 3.05) is 0 Å². The highest BCUT2D eigenvalue weighted by Crippen LogP contribution is 2.25. The highest BCUT2D eigenvalue weighted by atomic mass is 35.5. The van der Waals surface area contributed by atoms with E-state index in [-0.39, 0.29) is 6.04 Å². The maximum atomic E-state index is 10.2. The monoisotopic (exact) mass is 217 g/mol. The quantitative estimate of drug-likeness (QED) is 0.776. The van der Waals surface area contributed by atoms with E-state index in [0.717, 1.165) is 5.56 Å². The van der Waals surface area contributed by atoms with Crippen LogP contribution in [0.5, 0.6) is 0 Å². The molecule has 1 atom stereocenters. The highest BCUT2D eigenvalue weighted by molar-refractivity contribution is 6.42. The molecule has 2 nitrogen and oxygen atoms in total. The predicted octanol–water partition coefficient (Wildman–Crippen LogP) is 2.80. The normalized spacial score (nSPS) is 12.2. The van der Waals surface area contributed by atoms with Crippen LogP contribution in [0.3, 0.4) is 0 Å². The molecule has 0 radical (unpaired) electrons. The van der Waals surface area contributed by atoms with E-state index in [0.29, 0.717) is 16.5 Å². The van der Waals surface area contributed by atoms with Crippen molar-refractivity contribution >= 4 is 29.6 Å². The Morgan fingerprint density at radius 1 is 1.38 bits per heavy atom. The Balaban J connectivity index is 2.89. The van der Waals surface area contributed by atoms with Crippen molar-refractivity contribution in [2.24, 2.45) is 0 Å². The van der Waals surface area contributed by atoms with E-state index in [1.807, 2.05) is 13.0 Å². The van der Waals surface area contributed by atoms with Crippen LogP contribution >= 0.6 is 23.2 Å². The SMILES string of the molecule is CC(NC=O)c1ccc(Cl)c(Cl)c1. The van der Waals surface area contributed by atoms with Crippen LogP contribution < -0.4 is 5.32 Å². The molecule has 0 heterocycles. The first-order chi connectivity index (χ1) is 6.15. The number of nitrogens with one attached hydrogen (secondary N) is 1. The zero-order valence-electron chi connectivity index (χ0n) is 7.05. The lowest BCUT2D eigenvalue weighted by atomic mass is 10.1. The van der Waals surface area contributed by atoms with Crippen LogP contribution in [-0.2, 0) is 4.79 Å². The smallest absolute Gasteiger partial charge is 0.207 e. The van der Waals surface area contributed by atoms with Crippen LogP contribution in [0.25, 0.3) is 0 Å². The van der Waals surface area contributed by atoms with E-state index in [4.69, 9.17) is 23.2 Å². The largest absolute Gasteiger partial charge is 0.352 e. The summed E-state index contributed by atoms with van der Waals surface area (Å²) < 4.78 is 0. The third kappa shape index (κ3) is 2.61. The summed E-state index contributed by atoms with van der Waals surface area (Å²) in [5, 5.41) is 3.64. The van der Waals surface area contributed by atoms with Crippen LogP contribution in [0.1, 0.15) is 18.5 Å². The summed E-state index contributed by atoms with van der Waals surface area (Å²) in [6, 6.07) is 5.23. The molecule has 70 valence electrons. The summed E-state index contributed by atoms with van der Waals surface area (Å²) in [4.78, 5) is 10.2. The Hall–Kier alpha value is -0.730. The van der Waals surface area contributed by atoms with E-state index in [2.05, 4.69) is 5.32 Å². The molecule has 0 saturated heterocycles. The Labute approximate surface area is 86.8 Å². The van der Waals surface area contributed by atoms with Gasteiger partial charge in [-0.1, -0.05) is 29.3 Å². The number of hydrogen-bond donors (Lipinski definition) is 1. The zero-order chi connectivity index (χ0) is 9.84. The third-order valence-electron chi connectivity index (χ3n) is 1.76. The molecule has 1 aromatic carbocycles. The number of hydrogen-bond acceptors (Lipinski definition) is 1. The minimum absolute atomic E-state index is 0.0488. The van der Waals surface area contributed by atoms with E-state index in [1.54, 1.807) is 12.1 Å². The average molecular weight is 218 g/mol. The van der Waals surface area contributed by atoms with Crippen molar-refractivity contribution in [1.82, 2.24) is 5.32 Å². The van der Waals surface area contributed by atoms with Gasteiger partial charge in [-0.2, -0.15) is 0 Å². The fourth-order valence-corrected chi connectivity index (χ4v) is 1.29. The summed E-state index contributed by atoms with van der Waals surface area (Å²) in [6.07, 6.45) is 0.660. The average Bonchev–Trinajstić information content (AvgIpc) is 2.10. The Bertz CT molecular complexity index is 314. The molecular formula is C9H9Cl2NO. The van der Waals surface area contributed by atoms with Gasteiger partial charge in [-0.05, 0) is 24.6 Å². The molecule has 0 saturated carbocycles. The predicted molar refractivity (Wildman–Crippen MR) is 54.1 cm³/mol. The van der Waals surface area contributed by atoms with Gasteiger partial charge in [0.05, 0.1) is 16.1 Å². The van der Waals surface area contributed by atoms with Crippen molar-refractivity contribution in [3.05, 3.63) is 33.8 Å². The van der Waals surface area contributed by atoms with Gasteiger partial charge in [0.25, 0.3) is 0 Å². The summed E-state index contributed by atoms with van der Waals surface area (Å²) in [6.45, 7) is 1.87. The van der Waals surface area contributed by atoms with Crippen molar-refractivity contribution in [1.29, 1.82) is 0 Å². The van der Waals surface area contributed by atoms with Gasteiger partial charge < -0.3 is 5.32 Å². The maximum Gasteiger partial charge on any atom is 0.207 e. The van der Waals surface area contributed by atoms with Gasteiger partial charge in [0.15, 0.2) is 0 Å². The van der Waals surface area contributed by atoms with Crippen molar-refractivity contribution in [3.63, 3.8) is 0 Å². The third-order valence-corrected chi connectivity index (χ3v) is 2.50. The first-order valence-corrected chi connectivity index (χ1v) is 4.55. The van der Waals surface area contributed by atoms with Crippen molar-refractivity contribution < 1.29 is 4.79 Å². The van der Waals surface area contributed by atoms with Crippen LogP contribution in [-0.4, -0.2) is 6.41 Å². The van der Waals surface area contributed by atoms with Gasteiger partial charge in [0, 0.05) is 0 Å². The molecular weight excluding hydrogens is 209 g/mol. The van der Waals surface area contributed by atoms with Crippen LogP contribution in [0.4, 0.5) is 0 Å².